The van der Waals surface area contributed by atoms with Gasteiger partial charge in [-0.1, -0.05) is 12.1 Å². The predicted octanol–water partition coefficient (Wildman–Crippen LogP) is 1.15. The van der Waals surface area contributed by atoms with Gasteiger partial charge in [0.15, 0.2) is 0 Å². The maximum Gasteiger partial charge on any atom is 0.318 e. The van der Waals surface area contributed by atoms with Crippen LogP contribution in [0, 0.1) is 0 Å². The van der Waals surface area contributed by atoms with E-state index in [4.69, 9.17) is 11.5 Å². The van der Waals surface area contributed by atoms with Crippen LogP contribution in [0.4, 0.5) is 10.5 Å². The van der Waals surface area contributed by atoms with Gasteiger partial charge < -0.3 is 11.5 Å². The first-order valence-electron chi connectivity index (χ1n) is 4.95. The third kappa shape index (κ3) is 1.80. The molecule has 1 saturated carbocycles. The lowest BCUT2D eigenvalue weighted by Gasteiger charge is -2.16. The van der Waals surface area contributed by atoms with E-state index in [0.29, 0.717) is 0 Å². The largest absolute Gasteiger partial charge is 0.351 e. The number of urea groups is 1. The Hall–Kier alpha value is -1.55. The van der Waals surface area contributed by atoms with Crippen LogP contribution < -0.4 is 16.4 Å². The molecule has 1 aliphatic rings. The molecule has 0 atom stereocenters. The average Bonchev–Trinajstić information content (AvgIpc) is 2.97. The quantitative estimate of drug-likeness (QED) is 0.760. The van der Waals surface area contributed by atoms with Gasteiger partial charge in [-0.3, -0.25) is 4.90 Å². The first-order chi connectivity index (χ1) is 7.03. The van der Waals surface area contributed by atoms with Crippen molar-refractivity contribution in [3.8, 4) is 0 Å². The molecule has 4 nitrogen and oxygen atoms in total. The van der Waals surface area contributed by atoms with Gasteiger partial charge in [0, 0.05) is 18.3 Å². The Bertz CT molecular complexity index is 381. The minimum Gasteiger partial charge on any atom is -0.351 e. The van der Waals surface area contributed by atoms with Gasteiger partial charge in [0.05, 0.1) is 0 Å². The van der Waals surface area contributed by atoms with E-state index >= 15 is 0 Å². The maximum atomic E-state index is 10.9. The van der Waals surface area contributed by atoms with Crippen molar-refractivity contribution in [2.24, 2.45) is 11.5 Å². The van der Waals surface area contributed by atoms with Crippen molar-refractivity contribution in [1.29, 1.82) is 0 Å². The molecule has 0 aliphatic heterocycles. The lowest BCUT2D eigenvalue weighted by atomic mass is 10.1. The number of benzene rings is 1. The van der Waals surface area contributed by atoms with Crippen LogP contribution in [0.3, 0.4) is 0 Å². The third-order valence-electron chi connectivity index (χ3n) is 2.95. The Morgan fingerprint density at radius 1 is 1.33 bits per heavy atom. The molecule has 4 N–H and O–H groups in total. The van der Waals surface area contributed by atoms with E-state index < -0.39 is 6.03 Å². The first-order valence-corrected chi connectivity index (χ1v) is 4.95. The summed E-state index contributed by atoms with van der Waals surface area (Å²) in [6, 6.07) is 7.19. The highest BCUT2D eigenvalue weighted by Gasteiger charge is 2.39. The molecule has 2 amide bonds. The molecule has 0 spiro atoms. The van der Waals surface area contributed by atoms with E-state index in [2.05, 4.69) is 0 Å². The normalized spacial score (nSPS) is 17.2. The van der Waals surface area contributed by atoms with Gasteiger partial charge >= 0.3 is 6.03 Å². The van der Waals surface area contributed by atoms with E-state index in [-0.39, 0.29) is 5.54 Å². The van der Waals surface area contributed by atoms with Crippen molar-refractivity contribution in [2.75, 3.05) is 11.9 Å². The smallest absolute Gasteiger partial charge is 0.318 e. The number of anilines is 1. The molecule has 0 aromatic heterocycles. The van der Waals surface area contributed by atoms with Gasteiger partial charge in [-0.25, -0.2) is 4.79 Å². The van der Waals surface area contributed by atoms with Crippen molar-refractivity contribution in [3.05, 3.63) is 29.8 Å². The summed E-state index contributed by atoms with van der Waals surface area (Å²) in [4.78, 5) is 12.3. The Morgan fingerprint density at radius 2 is 1.87 bits per heavy atom. The minimum atomic E-state index is -0.461. The Kier molecular flexibility index (Phi) is 2.16. The van der Waals surface area contributed by atoms with Crippen molar-refractivity contribution in [1.82, 2.24) is 0 Å². The molecular weight excluding hydrogens is 190 g/mol. The monoisotopic (exact) mass is 205 g/mol. The second kappa shape index (κ2) is 3.24. The molecule has 0 radical (unpaired) electrons. The van der Waals surface area contributed by atoms with E-state index in [1.807, 2.05) is 24.3 Å². The molecule has 0 saturated heterocycles. The van der Waals surface area contributed by atoms with E-state index in [0.717, 1.165) is 24.1 Å². The van der Waals surface area contributed by atoms with Gasteiger partial charge in [0.1, 0.15) is 0 Å². The van der Waals surface area contributed by atoms with E-state index in [1.165, 1.54) is 4.90 Å². The van der Waals surface area contributed by atoms with Gasteiger partial charge in [0.25, 0.3) is 0 Å². The molecule has 2 rings (SSSR count). The minimum absolute atomic E-state index is 0.121. The Balaban J connectivity index is 2.20. The molecule has 80 valence electrons. The fourth-order valence-corrected chi connectivity index (χ4v) is 1.57. The number of primary amides is 1. The van der Waals surface area contributed by atoms with Crippen LogP contribution in [0.15, 0.2) is 24.3 Å². The van der Waals surface area contributed by atoms with Crippen molar-refractivity contribution in [3.63, 3.8) is 0 Å². The zero-order valence-corrected chi connectivity index (χ0v) is 8.73. The fraction of sp³-hybridized carbons (Fsp3) is 0.364. The number of amides is 2. The zero-order chi connectivity index (χ0) is 11.1. The van der Waals surface area contributed by atoms with Crippen molar-refractivity contribution < 1.29 is 4.79 Å². The Labute approximate surface area is 88.9 Å². The summed E-state index contributed by atoms with van der Waals surface area (Å²) in [5.74, 6) is 0. The molecule has 0 unspecified atom stereocenters. The Morgan fingerprint density at radius 3 is 2.27 bits per heavy atom. The van der Waals surface area contributed by atoms with Crippen LogP contribution in [0.5, 0.6) is 0 Å². The fourth-order valence-electron chi connectivity index (χ4n) is 1.57. The molecule has 1 aromatic carbocycles. The summed E-state index contributed by atoms with van der Waals surface area (Å²) in [6.45, 7) is 0. The lowest BCUT2D eigenvalue weighted by Crippen LogP contribution is -2.31. The summed E-state index contributed by atoms with van der Waals surface area (Å²) in [5, 5.41) is 0. The number of hydrogen-bond donors (Lipinski definition) is 2. The molecule has 4 heteroatoms. The zero-order valence-electron chi connectivity index (χ0n) is 8.73. The van der Waals surface area contributed by atoms with Crippen molar-refractivity contribution >= 4 is 11.7 Å². The standard InChI is InChI=1S/C11H15N3O/c1-14(10(12)15)9-4-2-8(3-5-9)11(13)6-7-11/h2-5H,6-7,13H2,1H3,(H2,12,15). The highest BCUT2D eigenvalue weighted by Crippen LogP contribution is 2.42. The summed E-state index contributed by atoms with van der Waals surface area (Å²) in [5.41, 5.74) is 13.0. The predicted molar refractivity (Wildman–Crippen MR) is 59.5 cm³/mol. The highest BCUT2D eigenvalue weighted by atomic mass is 16.2. The number of rotatable bonds is 2. The molecule has 0 heterocycles. The molecule has 1 aliphatic carbocycles. The average molecular weight is 205 g/mol. The van der Waals surface area contributed by atoms with Gasteiger partial charge in [-0.15, -0.1) is 0 Å². The van der Waals surface area contributed by atoms with E-state index in [9.17, 15) is 4.79 Å². The number of nitrogens with zero attached hydrogens (tertiary/aromatic N) is 1. The van der Waals surface area contributed by atoms with Crippen LogP contribution in [0.25, 0.3) is 0 Å². The maximum absolute atomic E-state index is 10.9. The van der Waals surface area contributed by atoms with Crippen LogP contribution in [-0.4, -0.2) is 13.1 Å². The van der Waals surface area contributed by atoms with E-state index in [1.54, 1.807) is 7.05 Å². The number of carbonyl (C=O) groups is 1. The molecule has 0 bridgehead atoms. The van der Waals surface area contributed by atoms with Crippen LogP contribution in [0.2, 0.25) is 0 Å². The number of hydrogen-bond acceptors (Lipinski definition) is 2. The van der Waals surface area contributed by atoms with Crippen molar-refractivity contribution in [2.45, 2.75) is 18.4 Å². The van der Waals surface area contributed by atoms with Crippen LogP contribution in [-0.2, 0) is 5.54 Å². The SMILES string of the molecule is CN(C(N)=O)c1ccc(C2(N)CC2)cc1. The van der Waals surface area contributed by atoms with Crippen LogP contribution in [0.1, 0.15) is 18.4 Å². The summed E-state index contributed by atoms with van der Waals surface area (Å²) in [7, 11) is 1.65. The number of nitrogens with two attached hydrogens (primary N) is 2. The van der Waals surface area contributed by atoms with Gasteiger partial charge in [0.2, 0.25) is 0 Å². The number of carbonyl (C=O) groups excluding carboxylic acids is 1. The highest BCUT2D eigenvalue weighted by molar-refractivity contribution is 5.89. The topological polar surface area (TPSA) is 72.3 Å². The molecule has 1 aromatic rings. The second-order valence-corrected chi connectivity index (χ2v) is 4.10. The second-order valence-electron chi connectivity index (χ2n) is 4.10. The van der Waals surface area contributed by atoms with Crippen LogP contribution >= 0.6 is 0 Å². The summed E-state index contributed by atoms with van der Waals surface area (Å²) >= 11 is 0. The third-order valence-corrected chi connectivity index (χ3v) is 2.95. The molecule has 15 heavy (non-hydrogen) atoms. The molecule has 1 fully saturated rings. The van der Waals surface area contributed by atoms with Gasteiger partial charge in [-0.2, -0.15) is 0 Å². The molecular formula is C11H15N3O. The first kappa shape index (κ1) is 9.98. The van der Waals surface area contributed by atoms with Gasteiger partial charge in [-0.05, 0) is 30.5 Å². The summed E-state index contributed by atoms with van der Waals surface area (Å²) in [6.07, 6.45) is 2.08. The lowest BCUT2D eigenvalue weighted by molar-refractivity contribution is 0.255. The summed E-state index contributed by atoms with van der Waals surface area (Å²) < 4.78 is 0.